The van der Waals surface area contributed by atoms with Gasteiger partial charge < -0.3 is 4.42 Å². The maximum Gasteiger partial charge on any atom is 0.198 e. The Balaban J connectivity index is 2.55. The van der Waals surface area contributed by atoms with Crippen LogP contribution in [0.15, 0.2) is 22.6 Å². The Morgan fingerprint density at radius 3 is 2.56 bits per heavy atom. The van der Waals surface area contributed by atoms with Crippen molar-refractivity contribution in [1.29, 1.82) is 0 Å². The SMILES string of the molecule is CCCC(=O)c1cc2c(C)ccc(C)c2o1. The van der Waals surface area contributed by atoms with Crippen LogP contribution in [-0.4, -0.2) is 5.78 Å². The number of Topliss-reactive ketones (excluding diaryl/α,β-unsaturated/α-hetero) is 1. The van der Waals surface area contributed by atoms with Gasteiger partial charge in [0, 0.05) is 11.8 Å². The molecular formula is C14H16O2. The van der Waals surface area contributed by atoms with E-state index < -0.39 is 0 Å². The zero-order chi connectivity index (χ0) is 11.7. The molecule has 0 aliphatic heterocycles. The highest BCUT2D eigenvalue weighted by Gasteiger charge is 2.13. The zero-order valence-corrected chi connectivity index (χ0v) is 9.96. The van der Waals surface area contributed by atoms with Crippen LogP contribution in [0.5, 0.6) is 0 Å². The third-order valence-electron chi connectivity index (χ3n) is 2.85. The molecule has 0 unspecified atom stereocenters. The van der Waals surface area contributed by atoms with E-state index in [2.05, 4.69) is 6.07 Å². The minimum atomic E-state index is 0.0949. The number of carbonyl (C=O) groups excluding carboxylic acids is 1. The molecular weight excluding hydrogens is 200 g/mol. The molecule has 84 valence electrons. The summed E-state index contributed by atoms with van der Waals surface area (Å²) in [4.78, 5) is 11.7. The summed E-state index contributed by atoms with van der Waals surface area (Å²) in [6.07, 6.45) is 1.41. The monoisotopic (exact) mass is 216 g/mol. The molecule has 2 aromatic rings. The summed E-state index contributed by atoms with van der Waals surface area (Å²) in [7, 11) is 0. The van der Waals surface area contributed by atoms with Crippen molar-refractivity contribution in [2.75, 3.05) is 0 Å². The third-order valence-corrected chi connectivity index (χ3v) is 2.85. The van der Waals surface area contributed by atoms with Crippen LogP contribution in [0.1, 0.15) is 41.4 Å². The van der Waals surface area contributed by atoms with Crippen LogP contribution in [0.2, 0.25) is 0 Å². The first-order chi connectivity index (χ1) is 7.63. The number of fused-ring (bicyclic) bond motifs is 1. The van der Waals surface area contributed by atoms with Crippen molar-refractivity contribution in [1.82, 2.24) is 0 Å². The Labute approximate surface area is 95.3 Å². The Hall–Kier alpha value is -1.57. The van der Waals surface area contributed by atoms with Crippen molar-refractivity contribution in [3.05, 3.63) is 35.1 Å². The molecule has 0 saturated carbocycles. The van der Waals surface area contributed by atoms with Crippen molar-refractivity contribution in [2.45, 2.75) is 33.6 Å². The lowest BCUT2D eigenvalue weighted by Gasteiger charge is -1.96. The van der Waals surface area contributed by atoms with E-state index in [1.807, 2.05) is 32.9 Å². The van der Waals surface area contributed by atoms with Gasteiger partial charge in [0.05, 0.1) is 0 Å². The molecule has 0 radical (unpaired) electrons. The number of ketones is 1. The van der Waals surface area contributed by atoms with Crippen LogP contribution in [-0.2, 0) is 0 Å². The molecule has 0 saturated heterocycles. The number of aryl methyl sites for hydroxylation is 2. The molecule has 2 rings (SSSR count). The van der Waals surface area contributed by atoms with Crippen molar-refractivity contribution in [2.24, 2.45) is 0 Å². The molecule has 2 nitrogen and oxygen atoms in total. The Kier molecular flexibility index (Phi) is 2.82. The highest BCUT2D eigenvalue weighted by molar-refractivity contribution is 5.98. The molecule has 0 fully saturated rings. The van der Waals surface area contributed by atoms with E-state index >= 15 is 0 Å². The first-order valence-corrected chi connectivity index (χ1v) is 5.66. The van der Waals surface area contributed by atoms with Gasteiger partial charge in [0.15, 0.2) is 11.5 Å². The highest BCUT2D eigenvalue weighted by Crippen LogP contribution is 2.26. The second-order valence-electron chi connectivity index (χ2n) is 4.23. The van der Waals surface area contributed by atoms with Gasteiger partial charge in [-0.1, -0.05) is 19.1 Å². The zero-order valence-electron chi connectivity index (χ0n) is 9.96. The average Bonchev–Trinajstić information content (AvgIpc) is 2.70. The predicted molar refractivity (Wildman–Crippen MR) is 64.9 cm³/mol. The molecule has 1 heterocycles. The second-order valence-corrected chi connectivity index (χ2v) is 4.23. The summed E-state index contributed by atoms with van der Waals surface area (Å²) in [5.41, 5.74) is 3.08. The first-order valence-electron chi connectivity index (χ1n) is 5.66. The number of furan rings is 1. The van der Waals surface area contributed by atoms with E-state index in [-0.39, 0.29) is 5.78 Å². The number of hydrogen-bond acceptors (Lipinski definition) is 2. The van der Waals surface area contributed by atoms with Crippen molar-refractivity contribution < 1.29 is 9.21 Å². The fourth-order valence-corrected chi connectivity index (χ4v) is 1.88. The van der Waals surface area contributed by atoms with Crippen LogP contribution in [0.25, 0.3) is 11.0 Å². The summed E-state index contributed by atoms with van der Waals surface area (Å²) in [6.45, 7) is 6.03. The number of carbonyl (C=O) groups is 1. The van der Waals surface area contributed by atoms with Crippen LogP contribution < -0.4 is 0 Å². The van der Waals surface area contributed by atoms with Crippen LogP contribution in [0, 0.1) is 13.8 Å². The molecule has 0 aliphatic carbocycles. The van der Waals surface area contributed by atoms with Gasteiger partial charge in [0.2, 0.25) is 0 Å². The van der Waals surface area contributed by atoms with Crippen molar-refractivity contribution in [3.8, 4) is 0 Å². The third kappa shape index (κ3) is 1.75. The Bertz CT molecular complexity index is 496. The van der Waals surface area contributed by atoms with Gasteiger partial charge in [-0.15, -0.1) is 0 Å². The van der Waals surface area contributed by atoms with Crippen molar-refractivity contribution in [3.63, 3.8) is 0 Å². The van der Waals surface area contributed by atoms with E-state index in [1.54, 1.807) is 0 Å². The van der Waals surface area contributed by atoms with E-state index in [0.29, 0.717) is 12.2 Å². The van der Waals surface area contributed by atoms with Gasteiger partial charge in [-0.05, 0) is 37.5 Å². The lowest BCUT2D eigenvalue weighted by molar-refractivity contribution is 0.0957. The van der Waals surface area contributed by atoms with Crippen LogP contribution >= 0.6 is 0 Å². The predicted octanol–water partition coefficient (Wildman–Crippen LogP) is 4.03. The Morgan fingerprint density at radius 2 is 1.94 bits per heavy atom. The molecule has 0 spiro atoms. The highest BCUT2D eigenvalue weighted by atomic mass is 16.3. The van der Waals surface area contributed by atoms with Gasteiger partial charge in [-0.2, -0.15) is 0 Å². The van der Waals surface area contributed by atoms with Crippen molar-refractivity contribution >= 4 is 16.8 Å². The maximum absolute atomic E-state index is 11.7. The summed E-state index contributed by atoms with van der Waals surface area (Å²) >= 11 is 0. The number of benzene rings is 1. The largest absolute Gasteiger partial charge is 0.453 e. The van der Waals surface area contributed by atoms with Gasteiger partial charge in [0.1, 0.15) is 5.58 Å². The molecule has 0 bridgehead atoms. The lowest BCUT2D eigenvalue weighted by atomic mass is 10.1. The molecule has 2 heteroatoms. The fourth-order valence-electron chi connectivity index (χ4n) is 1.88. The van der Waals surface area contributed by atoms with E-state index in [4.69, 9.17) is 4.42 Å². The molecule has 0 amide bonds. The summed E-state index contributed by atoms with van der Waals surface area (Å²) in [6, 6.07) is 5.95. The van der Waals surface area contributed by atoms with Gasteiger partial charge in [-0.25, -0.2) is 0 Å². The summed E-state index contributed by atoms with van der Waals surface area (Å²) in [5, 5.41) is 1.06. The second kappa shape index (κ2) is 4.12. The normalized spacial score (nSPS) is 10.9. The Morgan fingerprint density at radius 1 is 1.25 bits per heavy atom. The van der Waals surface area contributed by atoms with E-state index in [9.17, 15) is 4.79 Å². The first kappa shape index (κ1) is 10.9. The fraction of sp³-hybridized carbons (Fsp3) is 0.357. The van der Waals surface area contributed by atoms with E-state index in [0.717, 1.165) is 28.5 Å². The molecule has 16 heavy (non-hydrogen) atoms. The molecule has 1 aromatic carbocycles. The maximum atomic E-state index is 11.7. The minimum Gasteiger partial charge on any atom is -0.453 e. The van der Waals surface area contributed by atoms with Gasteiger partial charge >= 0.3 is 0 Å². The van der Waals surface area contributed by atoms with E-state index in [1.165, 1.54) is 0 Å². The molecule has 0 aliphatic rings. The lowest BCUT2D eigenvalue weighted by Crippen LogP contribution is -1.94. The summed E-state index contributed by atoms with van der Waals surface area (Å²) < 4.78 is 5.64. The number of hydrogen-bond donors (Lipinski definition) is 0. The molecule has 1 aromatic heterocycles. The molecule has 0 atom stereocenters. The van der Waals surface area contributed by atoms with Crippen LogP contribution in [0.4, 0.5) is 0 Å². The smallest absolute Gasteiger partial charge is 0.198 e. The summed E-state index contributed by atoms with van der Waals surface area (Å²) in [5.74, 6) is 0.590. The topological polar surface area (TPSA) is 30.2 Å². The standard InChI is InChI=1S/C14H16O2/c1-4-5-12(15)13-8-11-9(2)6-7-10(3)14(11)16-13/h6-8H,4-5H2,1-3H3. The van der Waals surface area contributed by atoms with Gasteiger partial charge in [-0.3, -0.25) is 4.79 Å². The average molecular weight is 216 g/mol. The van der Waals surface area contributed by atoms with Gasteiger partial charge in [0.25, 0.3) is 0 Å². The molecule has 0 N–H and O–H groups in total. The minimum absolute atomic E-state index is 0.0949. The quantitative estimate of drug-likeness (QED) is 0.725. The van der Waals surface area contributed by atoms with Crippen LogP contribution in [0.3, 0.4) is 0 Å². The number of rotatable bonds is 3.